The first-order valence-electron chi connectivity index (χ1n) is 4.96. The van der Waals surface area contributed by atoms with Gasteiger partial charge in [0, 0.05) is 12.6 Å². The molecule has 1 atom stereocenters. The third kappa shape index (κ3) is 4.48. The van der Waals surface area contributed by atoms with Crippen LogP contribution in [0, 0.1) is 0 Å². The molecule has 1 saturated heterocycles. The first-order valence-corrected chi connectivity index (χ1v) is 5.50. The minimum Gasteiger partial charge on any atom is -0.334 e. The van der Waals surface area contributed by atoms with Crippen molar-refractivity contribution in [1.82, 2.24) is 15.5 Å². The van der Waals surface area contributed by atoms with Crippen LogP contribution in [-0.2, 0) is 4.79 Å². The summed E-state index contributed by atoms with van der Waals surface area (Å²) in [5, 5.41) is 4.90. The predicted molar refractivity (Wildman–Crippen MR) is 57.9 cm³/mol. The van der Waals surface area contributed by atoms with Gasteiger partial charge in [-0.1, -0.05) is 0 Å². The molecule has 0 aromatic rings. The highest BCUT2D eigenvalue weighted by atomic mass is 35.5. The van der Waals surface area contributed by atoms with Crippen LogP contribution in [0.15, 0.2) is 0 Å². The zero-order valence-corrected chi connectivity index (χ0v) is 9.51. The molecule has 6 heteroatoms. The van der Waals surface area contributed by atoms with Gasteiger partial charge in [-0.15, -0.1) is 11.6 Å². The fourth-order valence-electron chi connectivity index (χ4n) is 1.67. The molecule has 1 aliphatic heterocycles. The Bertz CT molecular complexity index is 248. The second kappa shape index (κ2) is 5.92. The van der Waals surface area contributed by atoms with Crippen molar-refractivity contribution >= 4 is 23.5 Å². The largest absolute Gasteiger partial charge is 0.334 e. The van der Waals surface area contributed by atoms with Gasteiger partial charge in [0.1, 0.15) is 5.88 Å². The smallest absolute Gasteiger partial charge is 0.321 e. The van der Waals surface area contributed by atoms with E-state index in [1.54, 1.807) is 0 Å². The van der Waals surface area contributed by atoms with Gasteiger partial charge in [-0.25, -0.2) is 4.79 Å². The van der Waals surface area contributed by atoms with Crippen molar-refractivity contribution < 1.29 is 9.59 Å². The minimum absolute atomic E-state index is 0.117. The van der Waals surface area contributed by atoms with E-state index in [1.807, 2.05) is 7.05 Å². The summed E-state index contributed by atoms with van der Waals surface area (Å²) in [6.07, 6.45) is 2.01. The second-order valence-corrected chi connectivity index (χ2v) is 4.02. The monoisotopic (exact) mass is 233 g/mol. The topological polar surface area (TPSA) is 61.4 Å². The van der Waals surface area contributed by atoms with Crippen LogP contribution < -0.4 is 10.6 Å². The number of likely N-dealkylation sites (N-methyl/N-ethyl adjacent to an activating group) is 1. The van der Waals surface area contributed by atoms with Crippen LogP contribution in [0.1, 0.15) is 12.8 Å². The molecule has 1 aliphatic rings. The lowest BCUT2D eigenvalue weighted by Gasteiger charge is -2.29. The van der Waals surface area contributed by atoms with Crippen LogP contribution >= 0.6 is 11.6 Å². The molecular formula is C9H16ClN3O2. The number of carbonyl (C=O) groups is 2. The molecule has 1 fully saturated rings. The summed E-state index contributed by atoms with van der Waals surface area (Å²) in [4.78, 5) is 24.2. The van der Waals surface area contributed by atoms with Gasteiger partial charge >= 0.3 is 6.03 Å². The lowest BCUT2D eigenvalue weighted by molar-refractivity contribution is -0.117. The van der Waals surface area contributed by atoms with Crippen molar-refractivity contribution in [3.63, 3.8) is 0 Å². The fourth-order valence-corrected chi connectivity index (χ4v) is 1.73. The molecule has 1 heterocycles. The van der Waals surface area contributed by atoms with E-state index < -0.39 is 11.9 Å². The second-order valence-electron chi connectivity index (χ2n) is 3.76. The van der Waals surface area contributed by atoms with Gasteiger partial charge in [-0.3, -0.25) is 10.1 Å². The Morgan fingerprint density at radius 2 is 2.27 bits per heavy atom. The summed E-state index contributed by atoms with van der Waals surface area (Å²) in [6, 6.07) is -0.340. The van der Waals surface area contributed by atoms with Crippen molar-refractivity contribution in [3.8, 4) is 0 Å². The number of imide groups is 1. The zero-order valence-electron chi connectivity index (χ0n) is 8.75. The molecule has 0 radical (unpaired) electrons. The molecule has 15 heavy (non-hydrogen) atoms. The van der Waals surface area contributed by atoms with Crippen LogP contribution in [0.25, 0.3) is 0 Å². The molecule has 1 rings (SSSR count). The number of nitrogens with zero attached hydrogens (tertiary/aromatic N) is 1. The number of halogens is 1. The Morgan fingerprint density at radius 3 is 2.87 bits per heavy atom. The van der Waals surface area contributed by atoms with E-state index in [2.05, 4.69) is 15.5 Å². The Kier molecular flexibility index (Phi) is 4.84. The lowest BCUT2D eigenvalue weighted by atomic mass is 10.1. The van der Waals surface area contributed by atoms with E-state index in [0.717, 1.165) is 25.9 Å². The van der Waals surface area contributed by atoms with Gasteiger partial charge in [0.25, 0.3) is 0 Å². The summed E-state index contributed by atoms with van der Waals surface area (Å²) in [6.45, 7) is 1.88. The molecule has 0 aliphatic carbocycles. The maximum Gasteiger partial charge on any atom is 0.321 e. The Hall–Kier alpha value is -0.810. The van der Waals surface area contributed by atoms with Crippen LogP contribution in [0.5, 0.6) is 0 Å². The highest BCUT2D eigenvalue weighted by molar-refractivity contribution is 6.28. The SMILES string of the molecule is CN1CCCC(NC(=O)NC(=O)CCl)C1. The molecule has 0 bridgehead atoms. The van der Waals surface area contributed by atoms with Gasteiger partial charge < -0.3 is 10.2 Å². The molecule has 86 valence electrons. The van der Waals surface area contributed by atoms with Crippen molar-refractivity contribution in [2.24, 2.45) is 0 Å². The Balaban J connectivity index is 2.27. The lowest BCUT2D eigenvalue weighted by Crippen LogP contribution is -2.50. The highest BCUT2D eigenvalue weighted by Crippen LogP contribution is 2.07. The summed E-state index contributed by atoms with van der Waals surface area (Å²) in [5.74, 6) is -0.670. The van der Waals surface area contributed by atoms with Gasteiger partial charge in [0.05, 0.1) is 0 Å². The maximum atomic E-state index is 11.3. The molecule has 0 aromatic carbocycles. The van der Waals surface area contributed by atoms with Crippen molar-refractivity contribution in [2.45, 2.75) is 18.9 Å². The molecule has 3 amide bonds. The number of likely N-dealkylation sites (tertiary alicyclic amines) is 1. The molecular weight excluding hydrogens is 218 g/mol. The number of nitrogens with one attached hydrogen (secondary N) is 2. The summed E-state index contributed by atoms with van der Waals surface area (Å²) >= 11 is 5.26. The predicted octanol–water partition coefficient (Wildman–Crippen LogP) is 0.145. The van der Waals surface area contributed by atoms with Gasteiger partial charge in [-0.05, 0) is 26.4 Å². The summed E-state index contributed by atoms with van der Waals surface area (Å²) in [7, 11) is 2.01. The minimum atomic E-state index is -0.474. The molecule has 2 N–H and O–H groups in total. The van der Waals surface area contributed by atoms with Crippen molar-refractivity contribution in [1.29, 1.82) is 0 Å². The number of hydrogen-bond acceptors (Lipinski definition) is 3. The number of amides is 3. The molecule has 1 unspecified atom stereocenters. The number of alkyl halides is 1. The molecule has 0 saturated carbocycles. The third-order valence-corrected chi connectivity index (χ3v) is 2.58. The number of piperidine rings is 1. The van der Waals surface area contributed by atoms with Crippen molar-refractivity contribution in [3.05, 3.63) is 0 Å². The van der Waals surface area contributed by atoms with E-state index in [1.165, 1.54) is 0 Å². The standard InChI is InChI=1S/C9H16ClN3O2/c1-13-4-2-3-7(6-13)11-9(15)12-8(14)5-10/h7H,2-6H2,1H3,(H2,11,12,14,15). The number of carbonyl (C=O) groups excluding carboxylic acids is 2. The van der Waals surface area contributed by atoms with E-state index in [0.29, 0.717) is 0 Å². The normalized spacial score (nSPS) is 22.1. The summed E-state index contributed by atoms with van der Waals surface area (Å²) < 4.78 is 0. The number of hydrogen-bond donors (Lipinski definition) is 2. The van der Waals surface area contributed by atoms with E-state index in [9.17, 15) is 9.59 Å². The molecule has 5 nitrogen and oxygen atoms in total. The van der Waals surface area contributed by atoms with Crippen LogP contribution in [-0.4, -0.2) is 48.9 Å². The Morgan fingerprint density at radius 1 is 1.53 bits per heavy atom. The fraction of sp³-hybridized carbons (Fsp3) is 0.778. The third-order valence-electron chi connectivity index (χ3n) is 2.33. The van der Waals surface area contributed by atoms with Gasteiger partial charge in [0.15, 0.2) is 0 Å². The number of rotatable bonds is 2. The molecule has 0 aromatic heterocycles. The average Bonchev–Trinajstić information content (AvgIpc) is 2.17. The van der Waals surface area contributed by atoms with E-state index in [-0.39, 0.29) is 11.9 Å². The van der Waals surface area contributed by atoms with Crippen molar-refractivity contribution in [2.75, 3.05) is 26.0 Å². The highest BCUT2D eigenvalue weighted by Gasteiger charge is 2.19. The van der Waals surface area contributed by atoms with Crippen LogP contribution in [0.3, 0.4) is 0 Å². The first kappa shape index (κ1) is 12.3. The van der Waals surface area contributed by atoms with Gasteiger partial charge in [-0.2, -0.15) is 0 Å². The molecule has 0 spiro atoms. The Labute approximate surface area is 94.1 Å². The average molecular weight is 234 g/mol. The zero-order chi connectivity index (χ0) is 11.3. The van der Waals surface area contributed by atoms with Crippen LogP contribution in [0.4, 0.5) is 4.79 Å². The summed E-state index contributed by atoms with van der Waals surface area (Å²) in [5.41, 5.74) is 0. The quantitative estimate of drug-likeness (QED) is 0.668. The van der Waals surface area contributed by atoms with Crippen LogP contribution in [0.2, 0.25) is 0 Å². The first-order chi connectivity index (χ1) is 7.11. The van der Waals surface area contributed by atoms with E-state index >= 15 is 0 Å². The van der Waals surface area contributed by atoms with E-state index in [4.69, 9.17) is 11.6 Å². The number of urea groups is 1. The maximum absolute atomic E-state index is 11.3. The van der Waals surface area contributed by atoms with Gasteiger partial charge in [0.2, 0.25) is 5.91 Å².